The van der Waals surface area contributed by atoms with Crippen molar-refractivity contribution in [1.29, 1.82) is 0 Å². The van der Waals surface area contributed by atoms with Gasteiger partial charge in [-0.2, -0.15) is 0 Å². The number of rotatable bonds is 4. The van der Waals surface area contributed by atoms with Crippen LogP contribution in [0.15, 0.2) is 27.1 Å². The van der Waals surface area contributed by atoms with Crippen molar-refractivity contribution in [3.63, 3.8) is 0 Å². The van der Waals surface area contributed by atoms with Crippen molar-refractivity contribution in [3.05, 3.63) is 34.4 Å². The quantitative estimate of drug-likeness (QED) is 0.942. The maximum Gasteiger partial charge on any atom is 0.248 e. The van der Waals surface area contributed by atoms with Gasteiger partial charge in [0.25, 0.3) is 0 Å². The van der Waals surface area contributed by atoms with Gasteiger partial charge in [0.05, 0.1) is 10.0 Å². The standard InChI is InChI=1S/C11H11BrFN3O/c1-14-6-5-9-15-16-11(17-9)7-3-2-4-8(13)10(7)12/h2-4,14H,5-6H2,1H3. The summed E-state index contributed by atoms with van der Waals surface area (Å²) < 4.78 is 19.1. The van der Waals surface area contributed by atoms with E-state index < -0.39 is 0 Å². The molecule has 0 radical (unpaired) electrons. The fraction of sp³-hybridized carbons (Fsp3) is 0.273. The first-order chi connectivity index (χ1) is 8.22. The number of aromatic nitrogens is 2. The third-order valence-electron chi connectivity index (χ3n) is 2.24. The monoisotopic (exact) mass is 299 g/mol. The Morgan fingerprint density at radius 2 is 2.24 bits per heavy atom. The molecular formula is C11H11BrFN3O. The van der Waals surface area contributed by atoms with Crippen molar-refractivity contribution in [2.45, 2.75) is 6.42 Å². The summed E-state index contributed by atoms with van der Waals surface area (Å²) >= 11 is 3.16. The second kappa shape index (κ2) is 5.37. The Morgan fingerprint density at radius 3 is 3.00 bits per heavy atom. The average molecular weight is 300 g/mol. The highest BCUT2D eigenvalue weighted by atomic mass is 79.9. The molecule has 0 spiro atoms. The molecule has 0 saturated carbocycles. The molecule has 2 rings (SSSR count). The molecule has 0 atom stereocenters. The summed E-state index contributed by atoms with van der Waals surface area (Å²) in [6.07, 6.45) is 0.649. The summed E-state index contributed by atoms with van der Waals surface area (Å²) in [5.74, 6) is 0.505. The van der Waals surface area contributed by atoms with Gasteiger partial charge in [-0.25, -0.2) is 4.39 Å². The number of nitrogens with one attached hydrogen (secondary N) is 1. The van der Waals surface area contributed by atoms with E-state index in [4.69, 9.17) is 4.42 Å². The molecule has 4 nitrogen and oxygen atoms in total. The fourth-order valence-electron chi connectivity index (χ4n) is 1.36. The molecule has 1 aromatic heterocycles. The summed E-state index contributed by atoms with van der Waals surface area (Å²) in [7, 11) is 1.85. The molecule has 0 aliphatic carbocycles. The van der Waals surface area contributed by atoms with E-state index in [1.54, 1.807) is 12.1 Å². The van der Waals surface area contributed by atoms with Gasteiger partial charge in [0.2, 0.25) is 11.8 Å². The van der Waals surface area contributed by atoms with Gasteiger partial charge < -0.3 is 9.73 Å². The third kappa shape index (κ3) is 2.70. The van der Waals surface area contributed by atoms with E-state index in [0.29, 0.717) is 28.2 Å². The van der Waals surface area contributed by atoms with Crippen molar-refractivity contribution < 1.29 is 8.81 Å². The van der Waals surface area contributed by atoms with Crippen molar-refractivity contribution in [3.8, 4) is 11.5 Å². The summed E-state index contributed by atoms with van der Waals surface area (Å²) in [6, 6.07) is 4.70. The fourth-order valence-corrected chi connectivity index (χ4v) is 1.80. The van der Waals surface area contributed by atoms with Crippen molar-refractivity contribution in [1.82, 2.24) is 15.5 Å². The van der Waals surface area contributed by atoms with Crippen molar-refractivity contribution in [2.24, 2.45) is 0 Å². The first-order valence-corrected chi connectivity index (χ1v) is 5.93. The Bertz CT molecular complexity index is 515. The first-order valence-electron chi connectivity index (χ1n) is 5.13. The lowest BCUT2D eigenvalue weighted by molar-refractivity contribution is 0.499. The lowest BCUT2D eigenvalue weighted by Gasteiger charge is -1.99. The third-order valence-corrected chi connectivity index (χ3v) is 3.04. The predicted octanol–water partition coefficient (Wildman–Crippen LogP) is 2.40. The van der Waals surface area contributed by atoms with Gasteiger partial charge in [0, 0.05) is 13.0 Å². The van der Waals surface area contributed by atoms with Crippen LogP contribution < -0.4 is 5.32 Å². The lowest BCUT2D eigenvalue weighted by atomic mass is 10.2. The minimum absolute atomic E-state index is 0.322. The minimum atomic E-state index is -0.350. The van der Waals surface area contributed by atoms with Crippen LogP contribution in [0.2, 0.25) is 0 Å². The van der Waals surface area contributed by atoms with Gasteiger partial charge >= 0.3 is 0 Å². The van der Waals surface area contributed by atoms with Crippen LogP contribution in [-0.2, 0) is 6.42 Å². The van der Waals surface area contributed by atoms with E-state index >= 15 is 0 Å². The molecule has 17 heavy (non-hydrogen) atoms. The highest BCUT2D eigenvalue weighted by Gasteiger charge is 2.13. The molecular weight excluding hydrogens is 289 g/mol. The van der Waals surface area contributed by atoms with E-state index in [1.165, 1.54) is 6.07 Å². The van der Waals surface area contributed by atoms with Crippen LogP contribution >= 0.6 is 15.9 Å². The van der Waals surface area contributed by atoms with Crippen LogP contribution in [0, 0.1) is 5.82 Å². The number of benzene rings is 1. The van der Waals surface area contributed by atoms with Crippen molar-refractivity contribution >= 4 is 15.9 Å². The summed E-state index contributed by atoms with van der Waals surface area (Å²) in [4.78, 5) is 0. The van der Waals surface area contributed by atoms with E-state index in [2.05, 4.69) is 31.4 Å². The molecule has 0 aliphatic heterocycles. The minimum Gasteiger partial charge on any atom is -0.421 e. The Hall–Kier alpha value is -1.27. The van der Waals surface area contributed by atoms with Gasteiger partial charge in [-0.3, -0.25) is 0 Å². The molecule has 1 heterocycles. The molecule has 0 aliphatic rings. The summed E-state index contributed by atoms with van der Waals surface area (Å²) in [5.41, 5.74) is 0.563. The van der Waals surface area contributed by atoms with E-state index in [-0.39, 0.29) is 5.82 Å². The van der Waals surface area contributed by atoms with E-state index in [0.717, 1.165) is 6.54 Å². The molecule has 6 heteroatoms. The molecule has 0 fully saturated rings. The zero-order valence-corrected chi connectivity index (χ0v) is 10.8. The zero-order chi connectivity index (χ0) is 12.3. The number of nitrogens with zero attached hydrogens (tertiary/aromatic N) is 2. The first kappa shape index (κ1) is 12.2. The van der Waals surface area contributed by atoms with Gasteiger partial charge in [0.1, 0.15) is 5.82 Å². The SMILES string of the molecule is CNCCc1nnc(-c2cccc(F)c2Br)o1. The van der Waals surface area contributed by atoms with Crippen LogP contribution in [0.5, 0.6) is 0 Å². The zero-order valence-electron chi connectivity index (χ0n) is 9.20. The Kier molecular flexibility index (Phi) is 3.86. The number of hydrogen-bond acceptors (Lipinski definition) is 4. The Morgan fingerprint density at radius 1 is 1.41 bits per heavy atom. The van der Waals surface area contributed by atoms with Crippen LogP contribution in [0.25, 0.3) is 11.5 Å². The number of likely N-dealkylation sites (N-methyl/N-ethyl adjacent to an activating group) is 1. The predicted molar refractivity (Wildman–Crippen MR) is 65.0 cm³/mol. The molecule has 1 aromatic carbocycles. The van der Waals surface area contributed by atoms with Crippen molar-refractivity contribution in [2.75, 3.05) is 13.6 Å². The molecule has 0 bridgehead atoms. The van der Waals surface area contributed by atoms with Gasteiger partial charge in [0.15, 0.2) is 0 Å². The smallest absolute Gasteiger partial charge is 0.248 e. The summed E-state index contributed by atoms with van der Waals surface area (Å²) in [6.45, 7) is 0.756. The number of halogens is 2. The van der Waals surface area contributed by atoms with E-state index in [9.17, 15) is 4.39 Å². The lowest BCUT2D eigenvalue weighted by Crippen LogP contribution is -2.10. The van der Waals surface area contributed by atoms with Crippen LogP contribution in [-0.4, -0.2) is 23.8 Å². The highest BCUT2D eigenvalue weighted by molar-refractivity contribution is 9.10. The maximum atomic E-state index is 13.3. The Labute approximate surface area is 106 Å². The van der Waals surface area contributed by atoms with Gasteiger partial charge in [-0.15, -0.1) is 10.2 Å². The topological polar surface area (TPSA) is 51.0 Å². The second-order valence-corrected chi connectivity index (χ2v) is 4.25. The van der Waals surface area contributed by atoms with Gasteiger partial charge in [-0.1, -0.05) is 6.07 Å². The largest absolute Gasteiger partial charge is 0.421 e. The molecule has 1 N–H and O–H groups in total. The molecule has 2 aromatic rings. The second-order valence-electron chi connectivity index (χ2n) is 3.46. The molecule has 0 unspecified atom stereocenters. The highest BCUT2D eigenvalue weighted by Crippen LogP contribution is 2.29. The molecule has 0 amide bonds. The van der Waals surface area contributed by atoms with Crippen LogP contribution in [0.4, 0.5) is 4.39 Å². The van der Waals surface area contributed by atoms with Crippen LogP contribution in [0.3, 0.4) is 0 Å². The summed E-state index contributed by atoms with van der Waals surface area (Å²) in [5, 5.41) is 10.8. The average Bonchev–Trinajstić information content (AvgIpc) is 2.78. The maximum absolute atomic E-state index is 13.3. The number of hydrogen-bond donors (Lipinski definition) is 1. The van der Waals surface area contributed by atoms with Crippen LogP contribution in [0.1, 0.15) is 5.89 Å². The molecule has 0 saturated heterocycles. The van der Waals surface area contributed by atoms with Gasteiger partial charge in [-0.05, 0) is 35.1 Å². The Balaban J connectivity index is 2.27. The molecule has 90 valence electrons. The normalized spacial score (nSPS) is 10.8. The van der Waals surface area contributed by atoms with E-state index in [1.807, 2.05) is 7.05 Å².